The molecule has 5 heteroatoms. The summed E-state index contributed by atoms with van der Waals surface area (Å²) in [4.78, 5) is 11.7. The van der Waals surface area contributed by atoms with Crippen LogP contribution in [-0.2, 0) is 9.53 Å². The minimum atomic E-state index is -0.952. The predicted molar refractivity (Wildman–Crippen MR) is 74.7 cm³/mol. The highest BCUT2D eigenvalue weighted by Crippen LogP contribution is 2.31. The summed E-state index contributed by atoms with van der Waals surface area (Å²) >= 11 is 5.83. The van der Waals surface area contributed by atoms with Crippen molar-refractivity contribution in [1.29, 1.82) is 0 Å². The van der Waals surface area contributed by atoms with Gasteiger partial charge in [0.15, 0.2) is 0 Å². The van der Waals surface area contributed by atoms with Crippen LogP contribution in [0.2, 0.25) is 5.02 Å². The van der Waals surface area contributed by atoms with Crippen molar-refractivity contribution in [1.82, 2.24) is 0 Å². The number of hydrogen-bond donors (Lipinski definition) is 2. The number of rotatable bonds is 4. The average molecular weight is 284 g/mol. The van der Waals surface area contributed by atoms with E-state index in [1.165, 1.54) is 0 Å². The number of nitrogens with one attached hydrogen (secondary N) is 1. The van der Waals surface area contributed by atoms with Crippen molar-refractivity contribution in [3.8, 4) is 0 Å². The maximum atomic E-state index is 11.7. The number of aliphatic carboxylic acids is 1. The Hall–Kier alpha value is -1.26. The van der Waals surface area contributed by atoms with E-state index in [1.807, 2.05) is 6.92 Å². The third-order valence-electron chi connectivity index (χ3n) is 3.55. The molecule has 4 nitrogen and oxygen atoms in total. The van der Waals surface area contributed by atoms with E-state index in [9.17, 15) is 9.90 Å². The van der Waals surface area contributed by atoms with Crippen LogP contribution < -0.4 is 5.32 Å². The molecule has 0 radical (unpaired) electrons. The first-order valence-corrected chi connectivity index (χ1v) is 6.82. The standard InChI is InChI=1S/C14H18ClNO3/c1-2-12-9-14(13(17)18,7-8-19-12)16-11-5-3-10(15)4-6-11/h3-6,12,16H,2,7-9H2,1H3,(H,17,18). The van der Waals surface area contributed by atoms with Crippen LogP contribution >= 0.6 is 11.6 Å². The highest BCUT2D eigenvalue weighted by Gasteiger charge is 2.43. The van der Waals surface area contributed by atoms with Crippen molar-refractivity contribution in [3.63, 3.8) is 0 Å². The molecule has 2 unspecified atom stereocenters. The zero-order valence-corrected chi connectivity index (χ0v) is 11.6. The van der Waals surface area contributed by atoms with Crippen LogP contribution in [0.4, 0.5) is 5.69 Å². The summed E-state index contributed by atoms with van der Waals surface area (Å²) < 4.78 is 5.56. The molecule has 0 bridgehead atoms. The molecule has 2 atom stereocenters. The molecule has 1 aromatic carbocycles. The lowest BCUT2D eigenvalue weighted by Gasteiger charge is -2.38. The van der Waals surface area contributed by atoms with Gasteiger partial charge in [0.25, 0.3) is 0 Å². The number of benzene rings is 1. The summed E-state index contributed by atoms with van der Waals surface area (Å²) in [6, 6.07) is 7.08. The van der Waals surface area contributed by atoms with Crippen LogP contribution in [0.3, 0.4) is 0 Å². The van der Waals surface area contributed by atoms with Gasteiger partial charge in [-0.25, -0.2) is 4.79 Å². The summed E-state index contributed by atoms with van der Waals surface area (Å²) in [5, 5.41) is 13.4. The monoisotopic (exact) mass is 283 g/mol. The summed E-state index contributed by atoms with van der Waals surface area (Å²) in [6.45, 7) is 2.47. The van der Waals surface area contributed by atoms with E-state index in [0.29, 0.717) is 24.5 Å². The number of carboxylic acids is 1. The van der Waals surface area contributed by atoms with Crippen molar-refractivity contribution >= 4 is 23.3 Å². The predicted octanol–water partition coefficient (Wildman–Crippen LogP) is 3.16. The molecule has 104 valence electrons. The van der Waals surface area contributed by atoms with E-state index in [4.69, 9.17) is 16.3 Å². The van der Waals surface area contributed by atoms with Gasteiger partial charge in [0.1, 0.15) is 5.54 Å². The van der Waals surface area contributed by atoms with Gasteiger partial charge in [-0.15, -0.1) is 0 Å². The molecule has 1 aromatic rings. The van der Waals surface area contributed by atoms with E-state index in [2.05, 4.69) is 5.32 Å². The first kappa shape index (κ1) is 14.2. The Morgan fingerprint density at radius 2 is 2.21 bits per heavy atom. The van der Waals surface area contributed by atoms with Crippen LogP contribution in [0.25, 0.3) is 0 Å². The molecule has 1 heterocycles. The number of ether oxygens (including phenoxy) is 1. The Morgan fingerprint density at radius 3 is 2.79 bits per heavy atom. The van der Waals surface area contributed by atoms with Crippen molar-refractivity contribution in [2.75, 3.05) is 11.9 Å². The Morgan fingerprint density at radius 1 is 1.53 bits per heavy atom. The number of carbonyl (C=O) groups is 1. The third-order valence-corrected chi connectivity index (χ3v) is 3.80. The molecule has 1 aliphatic heterocycles. The lowest BCUT2D eigenvalue weighted by Crippen LogP contribution is -2.52. The number of carboxylic acid groups (broad SMARTS) is 1. The summed E-state index contributed by atoms with van der Waals surface area (Å²) in [6.07, 6.45) is 1.74. The first-order valence-electron chi connectivity index (χ1n) is 6.44. The molecular weight excluding hydrogens is 266 g/mol. The second-order valence-electron chi connectivity index (χ2n) is 4.87. The minimum absolute atomic E-state index is 0.00958. The van der Waals surface area contributed by atoms with E-state index < -0.39 is 11.5 Å². The van der Waals surface area contributed by atoms with E-state index >= 15 is 0 Å². The van der Waals surface area contributed by atoms with Gasteiger partial charge in [-0.1, -0.05) is 18.5 Å². The van der Waals surface area contributed by atoms with Crippen LogP contribution in [0.5, 0.6) is 0 Å². The molecule has 2 rings (SSSR count). The summed E-state index contributed by atoms with van der Waals surface area (Å²) in [5.41, 5.74) is -0.184. The molecule has 0 saturated carbocycles. The molecule has 1 fully saturated rings. The minimum Gasteiger partial charge on any atom is -0.480 e. The van der Waals surface area contributed by atoms with Gasteiger partial charge in [0, 0.05) is 30.2 Å². The molecule has 2 N–H and O–H groups in total. The van der Waals surface area contributed by atoms with Gasteiger partial charge < -0.3 is 15.2 Å². The second kappa shape index (κ2) is 5.80. The molecule has 19 heavy (non-hydrogen) atoms. The van der Waals surface area contributed by atoms with E-state index in [-0.39, 0.29) is 6.10 Å². The van der Waals surface area contributed by atoms with Crippen molar-refractivity contribution in [2.45, 2.75) is 37.8 Å². The summed E-state index contributed by atoms with van der Waals surface area (Å²) in [5.74, 6) is -0.829. The topological polar surface area (TPSA) is 58.6 Å². The smallest absolute Gasteiger partial charge is 0.329 e. The van der Waals surface area contributed by atoms with Crippen LogP contribution in [0, 0.1) is 0 Å². The first-order chi connectivity index (χ1) is 9.05. The Balaban J connectivity index is 2.19. The summed E-state index contributed by atoms with van der Waals surface area (Å²) in [7, 11) is 0. The third kappa shape index (κ3) is 3.19. The van der Waals surface area contributed by atoms with E-state index in [0.717, 1.165) is 12.1 Å². The molecule has 1 saturated heterocycles. The number of hydrogen-bond acceptors (Lipinski definition) is 3. The van der Waals surface area contributed by atoms with Gasteiger partial charge in [-0.2, -0.15) is 0 Å². The second-order valence-corrected chi connectivity index (χ2v) is 5.31. The highest BCUT2D eigenvalue weighted by atomic mass is 35.5. The van der Waals surface area contributed by atoms with Crippen LogP contribution in [0.1, 0.15) is 26.2 Å². The van der Waals surface area contributed by atoms with Crippen LogP contribution in [-0.4, -0.2) is 29.3 Å². The van der Waals surface area contributed by atoms with Crippen LogP contribution in [0.15, 0.2) is 24.3 Å². The molecular formula is C14H18ClNO3. The maximum Gasteiger partial charge on any atom is 0.329 e. The van der Waals surface area contributed by atoms with Gasteiger partial charge in [0.05, 0.1) is 6.10 Å². The fourth-order valence-corrected chi connectivity index (χ4v) is 2.51. The van der Waals surface area contributed by atoms with E-state index in [1.54, 1.807) is 24.3 Å². The van der Waals surface area contributed by atoms with Crippen molar-refractivity contribution in [2.24, 2.45) is 0 Å². The fraction of sp³-hybridized carbons (Fsp3) is 0.500. The SMILES string of the molecule is CCC1CC(Nc2ccc(Cl)cc2)(C(=O)O)CCO1. The molecule has 0 spiro atoms. The quantitative estimate of drug-likeness (QED) is 0.891. The highest BCUT2D eigenvalue weighted by molar-refractivity contribution is 6.30. The maximum absolute atomic E-state index is 11.7. The Kier molecular flexibility index (Phi) is 4.32. The zero-order valence-electron chi connectivity index (χ0n) is 10.9. The fourth-order valence-electron chi connectivity index (χ4n) is 2.38. The molecule has 1 aliphatic rings. The number of anilines is 1. The Labute approximate surface area is 117 Å². The van der Waals surface area contributed by atoms with Gasteiger partial charge in [0.2, 0.25) is 0 Å². The zero-order chi connectivity index (χ0) is 13.9. The lowest BCUT2D eigenvalue weighted by atomic mass is 9.85. The van der Waals surface area contributed by atoms with Gasteiger partial charge >= 0.3 is 5.97 Å². The number of halogens is 1. The average Bonchev–Trinajstić information content (AvgIpc) is 2.41. The molecule has 0 amide bonds. The van der Waals surface area contributed by atoms with Gasteiger partial charge in [-0.05, 0) is 30.7 Å². The lowest BCUT2D eigenvalue weighted by molar-refractivity contribution is -0.148. The van der Waals surface area contributed by atoms with Crippen molar-refractivity contribution < 1.29 is 14.6 Å². The molecule has 0 aromatic heterocycles. The van der Waals surface area contributed by atoms with Crippen molar-refractivity contribution in [3.05, 3.63) is 29.3 Å². The van der Waals surface area contributed by atoms with Gasteiger partial charge in [-0.3, -0.25) is 0 Å². The Bertz CT molecular complexity index is 449. The largest absolute Gasteiger partial charge is 0.480 e. The molecule has 0 aliphatic carbocycles. The normalized spacial score (nSPS) is 26.9.